The van der Waals surface area contributed by atoms with Crippen LogP contribution in [0.3, 0.4) is 0 Å². The molecule has 0 amide bonds. The predicted molar refractivity (Wildman–Crippen MR) is 80.5 cm³/mol. The summed E-state index contributed by atoms with van der Waals surface area (Å²) in [4.78, 5) is 14.0. The molecule has 0 spiro atoms. The number of carbonyl (C=O) groups is 1. The van der Waals surface area contributed by atoms with E-state index < -0.39 is 0 Å². The normalized spacial score (nSPS) is 10.3. The van der Waals surface area contributed by atoms with Gasteiger partial charge in [-0.3, -0.25) is 4.90 Å². The van der Waals surface area contributed by atoms with Crippen LogP contribution in [0.1, 0.15) is 17.3 Å². The molecule has 1 rings (SSSR count). The summed E-state index contributed by atoms with van der Waals surface area (Å²) in [6.07, 6.45) is 3.71. The summed E-state index contributed by atoms with van der Waals surface area (Å²) in [6.45, 7) is 5.31. The van der Waals surface area contributed by atoms with Gasteiger partial charge in [-0.1, -0.05) is 0 Å². The molecule has 120 valence electrons. The monoisotopic (exact) mass is 446 g/mol. The molecule has 21 heavy (non-hydrogen) atoms. The summed E-state index contributed by atoms with van der Waals surface area (Å²) in [5, 5.41) is 0. The highest BCUT2D eigenvalue weighted by atomic mass is 127. The van der Waals surface area contributed by atoms with Gasteiger partial charge in [0.25, 0.3) is 0 Å². The molecule has 0 aliphatic carbocycles. The number of pyridine rings is 1. The van der Waals surface area contributed by atoms with Crippen molar-refractivity contribution in [3.05, 3.63) is 30.1 Å². The quantitative estimate of drug-likeness (QED) is 0.210. The Kier molecular flexibility index (Phi) is 12.4. The molecule has 4 nitrogen and oxygen atoms in total. The van der Waals surface area contributed by atoms with Gasteiger partial charge in [0.1, 0.15) is 18.7 Å². The molecule has 1 aromatic heterocycles. The molecule has 0 atom stereocenters. The third kappa shape index (κ3) is 8.18. The average molecular weight is 447 g/mol. The van der Waals surface area contributed by atoms with Gasteiger partial charge in [0.15, 0.2) is 12.4 Å². The first kappa shape index (κ1) is 20.9. The predicted octanol–water partition coefficient (Wildman–Crippen LogP) is -1.07. The first-order chi connectivity index (χ1) is 9.71. The molecule has 0 N–H and O–H groups in total. The lowest BCUT2D eigenvalue weighted by molar-refractivity contribution is -0.693. The Balaban J connectivity index is 0.00000400. The van der Waals surface area contributed by atoms with Crippen LogP contribution in [0.4, 0.5) is 0 Å². The smallest absolute Gasteiger partial charge is 0.344 e. The highest BCUT2D eigenvalue weighted by Crippen LogP contribution is 1.99. The molecule has 0 aromatic carbocycles. The minimum atomic E-state index is -0.301. The number of ether oxygens (including phenoxy) is 1. The summed E-state index contributed by atoms with van der Waals surface area (Å²) in [5.74, 6) is 0.782. The summed E-state index contributed by atoms with van der Waals surface area (Å²) in [5.41, 5.74) is 0.565. The van der Waals surface area contributed by atoms with Gasteiger partial charge in [0.2, 0.25) is 0 Å². The van der Waals surface area contributed by atoms with Gasteiger partial charge < -0.3 is 28.7 Å². The van der Waals surface area contributed by atoms with Crippen molar-refractivity contribution in [2.24, 2.45) is 0 Å². The molecule has 0 saturated carbocycles. The van der Waals surface area contributed by atoms with E-state index >= 15 is 0 Å². The van der Waals surface area contributed by atoms with Gasteiger partial charge in [-0.25, -0.2) is 9.36 Å². The van der Waals surface area contributed by atoms with Crippen molar-refractivity contribution in [2.45, 2.75) is 13.5 Å². The summed E-state index contributed by atoms with van der Waals surface area (Å²) in [6, 6.07) is 3.59. The number of carbonyl (C=O) groups excluding carboxylic acids is 1. The second-order valence-corrected chi connectivity index (χ2v) is 5.03. The average Bonchev–Trinajstić information content (AvgIpc) is 2.47. The molecule has 0 saturated heterocycles. The largest absolute Gasteiger partial charge is 1.00 e. The van der Waals surface area contributed by atoms with Crippen LogP contribution in [0.2, 0.25) is 0 Å². The number of hydrogen-bond donors (Lipinski definition) is 0. The standard InChI is InChI=1S/C14H21Cl2N2O2.HI/c1-2-17-7-3-4-13(12-17)14(19)20-11-10-18(8-5-15)9-6-16;/h3-4,7,12H,2,5-6,8-11H2,1H3;1H/q+1;/p-1. The second-order valence-electron chi connectivity index (χ2n) is 4.28. The Bertz CT molecular complexity index is 416. The van der Waals surface area contributed by atoms with Crippen molar-refractivity contribution in [3.63, 3.8) is 0 Å². The number of hydrogen-bond acceptors (Lipinski definition) is 3. The van der Waals surface area contributed by atoms with Gasteiger partial charge >= 0.3 is 5.97 Å². The molecule has 7 heteroatoms. The van der Waals surface area contributed by atoms with E-state index in [4.69, 9.17) is 27.9 Å². The van der Waals surface area contributed by atoms with Crippen molar-refractivity contribution in [1.82, 2.24) is 4.90 Å². The molecule has 0 fully saturated rings. The van der Waals surface area contributed by atoms with Crippen LogP contribution in [0.5, 0.6) is 0 Å². The van der Waals surface area contributed by atoms with Gasteiger partial charge in [-0.05, 0) is 13.0 Å². The maximum absolute atomic E-state index is 11.9. The fourth-order valence-electron chi connectivity index (χ4n) is 1.76. The Morgan fingerprint density at radius 2 is 1.95 bits per heavy atom. The zero-order valence-electron chi connectivity index (χ0n) is 12.1. The van der Waals surface area contributed by atoms with Crippen LogP contribution in [-0.2, 0) is 11.3 Å². The minimum Gasteiger partial charge on any atom is -1.00 e. The molecule has 0 aliphatic heterocycles. The first-order valence-electron chi connectivity index (χ1n) is 6.71. The maximum Gasteiger partial charge on any atom is 0.344 e. The highest BCUT2D eigenvalue weighted by molar-refractivity contribution is 6.18. The van der Waals surface area contributed by atoms with Gasteiger partial charge in [-0.2, -0.15) is 0 Å². The second kappa shape index (κ2) is 12.4. The number of esters is 1. The lowest BCUT2D eigenvalue weighted by Crippen LogP contribution is -3.00. The zero-order chi connectivity index (χ0) is 14.8. The fraction of sp³-hybridized carbons (Fsp3) is 0.571. The van der Waals surface area contributed by atoms with Crippen LogP contribution in [-0.4, -0.2) is 48.9 Å². The van der Waals surface area contributed by atoms with Crippen LogP contribution in [0.15, 0.2) is 24.5 Å². The van der Waals surface area contributed by atoms with E-state index in [1.54, 1.807) is 12.3 Å². The maximum atomic E-state index is 11.9. The molecule has 0 bridgehead atoms. The number of aromatic nitrogens is 1. The highest BCUT2D eigenvalue weighted by Gasteiger charge is 2.12. The van der Waals surface area contributed by atoms with Crippen molar-refractivity contribution in [2.75, 3.05) is 38.0 Å². The van der Waals surface area contributed by atoms with Gasteiger partial charge in [0.05, 0.1) is 0 Å². The Morgan fingerprint density at radius 1 is 1.29 bits per heavy atom. The SMILES string of the molecule is CC[n+]1cccc(C(=O)OCCN(CCCl)CCCl)c1.[I-]. The topological polar surface area (TPSA) is 33.4 Å². The van der Waals surface area contributed by atoms with Crippen molar-refractivity contribution in [1.29, 1.82) is 0 Å². The van der Waals surface area contributed by atoms with Crippen molar-refractivity contribution in [3.8, 4) is 0 Å². The number of alkyl halides is 2. The summed E-state index contributed by atoms with van der Waals surface area (Å²) >= 11 is 11.4. The Morgan fingerprint density at radius 3 is 2.52 bits per heavy atom. The van der Waals surface area contributed by atoms with Crippen LogP contribution in [0, 0.1) is 0 Å². The lowest BCUT2D eigenvalue weighted by Gasteiger charge is -2.19. The van der Waals surface area contributed by atoms with Crippen LogP contribution >= 0.6 is 23.2 Å². The van der Waals surface area contributed by atoms with E-state index in [0.717, 1.165) is 19.6 Å². The molecular weight excluding hydrogens is 426 g/mol. The zero-order valence-corrected chi connectivity index (χ0v) is 15.8. The van der Waals surface area contributed by atoms with Gasteiger partial charge in [-0.15, -0.1) is 23.2 Å². The van der Waals surface area contributed by atoms with E-state index in [1.807, 2.05) is 23.8 Å². The van der Waals surface area contributed by atoms with E-state index in [9.17, 15) is 4.79 Å². The molecule has 0 unspecified atom stereocenters. The van der Waals surface area contributed by atoms with Crippen LogP contribution < -0.4 is 28.5 Å². The van der Waals surface area contributed by atoms with Gasteiger partial charge in [0, 0.05) is 37.5 Å². The van der Waals surface area contributed by atoms with E-state index in [2.05, 4.69) is 4.90 Å². The molecule has 1 heterocycles. The van der Waals surface area contributed by atoms with E-state index in [0.29, 0.717) is 30.5 Å². The van der Waals surface area contributed by atoms with Crippen LogP contribution in [0.25, 0.3) is 0 Å². The molecular formula is C14H21Cl2IN2O2. The third-order valence-electron chi connectivity index (χ3n) is 2.90. The molecule has 0 radical (unpaired) electrons. The number of nitrogens with zero attached hydrogens (tertiary/aromatic N) is 2. The molecule has 1 aromatic rings. The number of halogens is 3. The summed E-state index contributed by atoms with van der Waals surface area (Å²) in [7, 11) is 0. The summed E-state index contributed by atoms with van der Waals surface area (Å²) < 4.78 is 7.21. The van der Waals surface area contributed by atoms with E-state index in [-0.39, 0.29) is 29.9 Å². The third-order valence-corrected chi connectivity index (χ3v) is 3.24. The van der Waals surface area contributed by atoms with Crippen molar-refractivity contribution < 1.29 is 38.1 Å². The Labute approximate surface area is 153 Å². The first-order valence-corrected chi connectivity index (χ1v) is 7.78. The number of rotatable bonds is 9. The molecule has 0 aliphatic rings. The fourth-order valence-corrected chi connectivity index (χ4v) is 2.24. The lowest BCUT2D eigenvalue weighted by atomic mass is 10.3. The minimum absolute atomic E-state index is 0. The van der Waals surface area contributed by atoms with Crippen molar-refractivity contribution >= 4 is 29.2 Å². The number of aryl methyl sites for hydroxylation is 1. The Hall–Kier alpha value is -0.110. The van der Waals surface area contributed by atoms with E-state index in [1.165, 1.54) is 0 Å².